The van der Waals surface area contributed by atoms with E-state index in [4.69, 9.17) is 6.42 Å². The molecule has 1 nitrogen and oxygen atoms in total. The first-order valence-electron chi connectivity index (χ1n) is 6.01. The van der Waals surface area contributed by atoms with E-state index in [-0.39, 0.29) is 0 Å². The van der Waals surface area contributed by atoms with Gasteiger partial charge in [-0.1, -0.05) is 19.8 Å². The summed E-state index contributed by atoms with van der Waals surface area (Å²) in [6, 6.07) is 0.773. The van der Waals surface area contributed by atoms with Crippen LogP contribution < -0.4 is 5.32 Å². The molecule has 1 aliphatic carbocycles. The Morgan fingerprint density at radius 3 is 2.79 bits per heavy atom. The Labute approximate surface area is 88.7 Å². The number of rotatable bonds is 5. The van der Waals surface area contributed by atoms with E-state index in [2.05, 4.69) is 18.2 Å². The van der Waals surface area contributed by atoms with E-state index in [9.17, 15) is 0 Å². The van der Waals surface area contributed by atoms with Gasteiger partial charge in [0, 0.05) is 12.5 Å². The molecule has 0 spiro atoms. The van der Waals surface area contributed by atoms with Crippen molar-refractivity contribution < 1.29 is 0 Å². The molecule has 0 heterocycles. The molecular formula is C13H23N. The van der Waals surface area contributed by atoms with Gasteiger partial charge in [0.1, 0.15) is 0 Å². The van der Waals surface area contributed by atoms with Crippen molar-refractivity contribution in [3.05, 3.63) is 0 Å². The zero-order chi connectivity index (χ0) is 10.2. The molecule has 0 radical (unpaired) electrons. The predicted octanol–water partition coefficient (Wildman–Crippen LogP) is 2.96. The molecule has 1 N–H and O–H groups in total. The van der Waals surface area contributed by atoms with E-state index in [0.717, 1.165) is 24.9 Å². The summed E-state index contributed by atoms with van der Waals surface area (Å²) in [7, 11) is 0. The SMILES string of the molecule is C#CCCCCNC1CCCCC1C. The van der Waals surface area contributed by atoms with Crippen LogP contribution in [0.3, 0.4) is 0 Å². The van der Waals surface area contributed by atoms with Crippen molar-refractivity contribution >= 4 is 0 Å². The summed E-state index contributed by atoms with van der Waals surface area (Å²) in [5.74, 6) is 3.56. The topological polar surface area (TPSA) is 12.0 Å². The monoisotopic (exact) mass is 193 g/mol. The van der Waals surface area contributed by atoms with E-state index in [1.807, 2.05) is 0 Å². The first-order valence-corrected chi connectivity index (χ1v) is 6.01. The van der Waals surface area contributed by atoms with Crippen LogP contribution in [-0.2, 0) is 0 Å². The van der Waals surface area contributed by atoms with Crippen molar-refractivity contribution in [2.45, 2.75) is 57.9 Å². The Morgan fingerprint density at radius 1 is 1.29 bits per heavy atom. The minimum absolute atomic E-state index is 0.773. The average molecular weight is 193 g/mol. The Hall–Kier alpha value is -0.480. The van der Waals surface area contributed by atoms with Crippen LogP contribution in [0.5, 0.6) is 0 Å². The smallest absolute Gasteiger partial charge is 0.00926 e. The highest BCUT2D eigenvalue weighted by molar-refractivity contribution is 4.83. The number of unbranched alkanes of at least 4 members (excludes halogenated alkanes) is 2. The van der Waals surface area contributed by atoms with Gasteiger partial charge in [-0.3, -0.25) is 0 Å². The average Bonchev–Trinajstić information content (AvgIpc) is 2.20. The molecule has 1 fully saturated rings. The maximum absolute atomic E-state index is 5.21. The summed E-state index contributed by atoms with van der Waals surface area (Å²) >= 11 is 0. The van der Waals surface area contributed by atoms with E-state index in [0.29, 0.717) is 0 Å². The van der Waals surface area contributed by atoms with Gasteiger partial charge in [0.05, 0.1) is 0 Å². The maximum atomic E-state index is 5.21. The van der Waals surface area contributed by atoms with Gasteiger partial charge in [-0.05, 0) is 38.1 Å². The molecule has 0 amide bonds. The first-order chi connectivity index (χ1) is 6.84. The molecule has 0 aromatic rings. The van der Waals surface area contributed by atoms with Crippen molar-refractivity contribution in [3.63, 3.8) is 0 Å². The van der Waals surface area contributed by atoms with E-state index >= 15 is 0 Å². The Bertz CT molecular complexity index is 180. The fraction of sp³-hybridized carbons (Fsp3) is 0.846. The van der Waals surface area contributed by atoms with Crippen molar-refractivity contribution in [2.24, 2.45) is 5.92 Å². The first kappa shape index (κ1) is 11.6. The quantitative estimate of drug-likeness (QED) is 0.523. The van der Waals surface area contributed by atoms with Gasteiger partial charge in [0.2, 0.25) is 0 Å². The molecule has 2 atom stereocenters. The fourth-order valence-corrected chi connectivity index (χ4v) is 2.26. The van der Waals surface area contributed by atoms with Gasteiger partial charge in [0.25, 0.3) is 0 Å². The third-order valence-electron chi connectivity index (χ3n) is 3.27. The molecular weight excluding hydrogens is 170 g/mol. The molecule has 1 heteroatoms. The number of hydrogen-bond donors (Lipinski definition) is 1. The van der Waals surface area contributed by atoms with E-state index in [1.54, 1.807) is 0 Å². The van der Waals surface area contributed by atoms with E-state index < -0.39 is 0 Å². The van der Waals surface area contributed by atoms with E-state index in [1.165, 1.54) is 38.5 Å². The molecule has 0 aromatic carbocycles. The lowest BCUT2D eigenvalue weighted by Gasteiger charge is -2.29. The van der Waals surface area contributed by atoms with Crippen LogP contribution in [0.15, 0.2) is 0 Å². The van der Waals surface area contributed by atoms with Crippen molar-refractivity contribution in [1.29, 1.82) is 0 Å². The Balaban J connectivity index is 2.02. The van der Waals surface area contributed by atoms with Crippen LogP contribution in [0.25, 0.3) is 0 Å². The zero-order valence-corrected chi connectivity index (χ0v) is 9.39. The van der Waals surface area contributed by atoms with Crippen LogP contribution in [0, 0.1) is 18.3 Å². The Morgan fingerprint density at radius 2 is 2.07 bits per heavy atom. The molecule has 1 saturated carbocycles. The lowest BCUT2D eigenvalue weighted by molar-refractivity contribution is 0.280. The second kappa shape index (κ2) is 6.90. The summed E-state index contributed by atoms with van der Waals surface area (Å²) < 4.78 is 0. The van der Waals surface area contributed by atoms with Crippen molar-refractivity contribution in [3.8, 4) is 12.3 Å². The summed E-state index contributed by atoms with van der Waals surface area (Å²) in [6.07, 6.45) is 14.2. The standard InChI is InChI=1S/C13H23N/c1-3-4-5-8-11-14-13-10-7-6-9-12(13)2/h1,12-14H,4-11H2,2H3. The molecule has 1 rings (SSSR count). The summed E-state index contributed by atoms with van der Waals surface area (Å²) in [5.41, 5.74) is 0. The van der Waals surface area contributed by atoms with Crippen LogP contribution >= 0.6 is 0 Å². The lowest BCUT2D eigenvalue weighted by Crippen LogP contribution is -2.37. The van der Waals surface area contributed by atoms with Crippen LogP contribution in [0.2, 0.25) is 0 Å². The molecule has 80 valence electrons. The molecule has 0 saturated heterocycles. The lowest BCUT2D eigenvalue weighted by atomic mass is 9.86. The van der Waals surface area contributed by atoms with Crippen LogP contribution in [0.1, 0.15) is 51.9 Å². The number of nitrogens with one attached hydrogen (secondary N) is 1. The normalized spacial score (nSPS) is 27.1. The summed E-state index contributed by atoms with van der Waals surface area (Å²) in [6.45, 7) is 3.52. The second-order valence-electron chi connectivity index (χ2n) is 4.48. The molecule has 0 bridgehead atoms. The van der Waals surface area contributed by atoms with Gasteiger partial charge >= 0.3 is 0 Å². The second-order valence-corrected chi connectivity index (χ2v) is 4.48. The van der Waals surface area contributed by atoms with Crippen molar-refractivity contribution in [2.75, 3.05) is 6.54 Å². The maximum Gasteiger partial charge on any atom is 0.00926 e. The van der Waals surface area contributed by atoms with Crippen LogP contribution in [0.4, 0.5) is 0 Å². The number of hydrogen-bond acceptors (Lipinski definition) is 1. The highest BCUT2D eigenvalue weighted by Gasteiger charge is 2.19. The highest BCUT2D eigenvalue weighted by atomic mass is 14.9. The van der Waals surface area contributed by atoms with Gasteiger partial charge in [-0.2, -0.15) is 0 Å². The molecule has 0 aromatic heterocycles. The van der Waals surface area contributed by atoms with Gasteiger partial charge < -0.3 is 5.32 Å². The largest absolute Gasteiger partial charge is 0.314 e. The molecule has 1 aliphatic rings. The number of terminal acetylenes is 1. The predicted molar refractivity (Wildman–Crippen MR) is 62.1 cm³/mol. The zero-order valence-electron chi connectivity index (χ0n) is 9.39. The molecule has 2 unspecified atom stereocenters. The third-order valence-corrected chi connectivity index (χ3v) is 3.27. The van der Waals surface area contributed by atoms with Gasteiger partial charge in [-0.15, -0.1) is 12.3 Å². The fourth-order valence-electron chi connectivity index (χ4n) is 2.26. The third kappa shape index (κ3) is 4.15. The summed E-state index contributed by atoms with van der Waals surface area (Å²) in [5, 5.41) is 3.66. The minimum atomic E-state index is 0.773. The summed E-state index contributed by atoms with van der Waals surface area (Å²) in [4.78, 5) is 0. The molecule has 14 heavy (non-hydrogen) atoms. The Kier molecular flexibility index (Phi) is 5.71. The molecule has 0 aliphatic heterocycles. The highest BCUT2D eigenvalue weighted by Crippen LogP contribution is 2.23. The minimum Gasteiger partial charge on any atom is -0.314 e. The van der Waals surface area contributed by atoms with Crippen LogP contribution in [-0.4, -0.2) is 12.6 Å². The van der Waals surface area contributed by atoms with Gasteiger partial charge in [0.15, 0.2) is 0 Å². The van der Waals surface area contributed by atoms with Gasteiger partial charge in [-0.25, -0.2) is 0 Å². The van der Waals surface area contributed by atoms with Crippen molar-refractivity contribution in [1.82, 2.24) is 5.32 Å².